The Labute approximate surface area is 116 Å². The van der Waals surface area contributed by atoms with Crippen LogP contribution in [0.4, 0.5) is 10.5 Å². The first-order chi connectivity index (χ1) is 9.47. The van der Waals surface area contributed by atoms with Crippen LogP contribution < -0.4 is 10.6 Å². The topological polar surface area (TPSA) is 102 Å². The normalized spacial score (nSPS) is 15.6. The zero-order valence-corrected chi connectivity index (χ0v) is 11.1. The Hall–Kier alpha value is -2.55. The van der Waals surface area contributed by atoms with Gasteiger partial charge in [-0.3, -0.25) is 0 Å². The van der Waals surface area contributed by atoms with Crippen molar-refractivity contribution in [3.05, 3.63) is 29.3 Å². The maximum atomic E-state index is 11.9. The summed E-state index contributed by atoms with van der Waals surface area (Å²) in [4.78, 5) is 23.1. The molecule has 2 amide bonds. The molecule has 1 saturated carbocycles. The maximum Gasteiger partial charge on any atom is 0.329 e. The fourth-order valence-electron chi connectivity index (χ4n) is 2.12. The van der Waals surface area contributed by atoms with E-state index in [4.69, 9.17) is 10.4 Å². The van der Waals surface area contributed by atoms with Gasteiger partial charge >= 0.3 is 12.0 Å². The largest absolute Gasteiger partial charge is 0.480 e. The summed E-state index contributed by atoms with van der Waals surface area (Å²) in [6.07, 6.45) is 1.66. The molecule has 104 valence electrons. The Bertz CT molecular complexity index is 600. The molecular formula is C14H15N3O3. The highest BCUT2D eigenvalue weighted by Crippen LogP contribution is 2.32. The molecule has 2 rings (SSSR count). The number of hydrogen-bond acceptors (Lipinski definition) is 3. The summed E-state index contributed by atoms with van der Waals surface area (Å²) in [6, 6.07) is 6.37. The van der Waals surface area contributed by atoms with Crippen LogP contribution in [0, 0.1) is 18.3 Å². The molecule has 0 radical (unpaired) electrons. The van der Waals surface area contributed by atoms with E-state index in [0.29, 0.717) is 24.1 Å². The molecule has 0 saturated heterocycles. The number of amides is 2. The van der Waals surface area contributed by atoms with Crippen molar-refractivity contribution in [2.75, 3.05) is 5.32 Å². The predicted octanol–water partition coefficient (Wildman–Crippen LogP) is 2.00. The summed E-state index contributed by atoms with van der Waals surface area (Å²) in [5.41, 5.74) is 0.589. The molecule has 0 aliphatic heterocycles. The smallest absolute Gasteiger partial charge is 0.329 e. The van der Waals surface area contributed by atoms with Gasteiger partial charge in [0.2, 0.25) is 0 Å². The third-order valence-corrected chi connectivity index (χ3v) is 3.58. The highest BCUT2D eigenvalue weighted by molar-refractivity contribution is 5.95. The third-order valence-electron chi connectivity index (χ3n) is 3.58. The number of carboxylic acids is 1. The van der Waals surface area contributed by atoms with E-state index >= 15 is 0 Å². The Morgan fingerprint density at radius 1 is 1.40 bits per heavy atom. The number of carbonyl (C=O) groups is 2. The van der Waals surface area contributed by atoms with Crippen molar-refractivity contribution in [3.63, 3.8) is 0 Å². The fourth-order valence-corrected chi connectivity index (χ4v) is 2.12. The minimum atomic E-state index is -1.15. The molecule has 0 spiro atoms. The number of aliphatic carboxylic acids is 1. The van der Waals surface area contributed by atoms with Gasteiger partial charge < -0.3 is 15.7 Å². The van der Waals surface area contributed by atoms with Gasteiger partial charge in [-0.2, -0.15) is 5.26 Å². The van der Waals surface area contributed by atoms with E-state index in [1.165, 1.54) is 0 Å². The molecule has 20 heavy (non-hydrogen) atoms. The lowest BCUT2D eigenvalue weighted by atomic mass is 9.77. The van der Waals surface area contributed by atoms with Crippen molar-refractivity contribution in [2.45, 2.75) is 31.7 Å². The van der Waals surface area contributed by atoms with Crippen LogP contribution in [0.25, 0.3) is 0 Å². The van der Waals surface area contributed by atoms with Gasteiger partial charge in [0.1, 0.15) is 5.54 Å². The van der Waals surface area contributed by atoms with Gasteiger partial charge in [0.25, 0.3) is 0 Å². The standard InChI is InChI=1S/C14H15N3O3/c1-9-3-4-10(8-15)7-11(9)16-13(20)17-14(12(18)19)5-2-6-14/h3-4,7H,2,5-6H2,1H3,(H,18,19)(H2,16,17,20). The van der Waals surface area contributed by atoms with Gasteiger partial charge in [-0.1, -0.05) is 6.07 Å². The second-order valence-electron chi connectivity index (χ2n) is 4.96. The van der Waals surface area contributed by atoms with Gasteiger partial charge in [-0.05, 0) is 43.9 Å². The van der Waals surface area contributed by atoms with Gasteiger partial charge in [-0.25, -0.2) is 9.59 Å². The Morgan fingerprint density at radius 2 is 2.10 bits per heavy atom. The molecule has 1 aromatic rings. The predicted molar refractivity (Wildman–Crippen MR) is 72.3 cm³/mol. The maximum absolute atomic E-state index is 11.9. The Kier molecular flexibility index (Phi) is 3.61. The number of benzene rings is 1. The highest BCUT2D eigenvalue weighted by Gasteiger charge is 2.45. The number of carboxylic acid groups (broad SMARTS) is 1. The number of carbonyl (C=O) groups excluding carboxylic acids is 1. The van der Waals surface area contributed by atoms with Crippen molar-refractivity contribution >= 4 is 17.7 Å². The minimum absolute atomic E-state index is 0.433. The van der Waals surface area contributed by atoms with Crippen LogP contribution in [0.15, 0.2) is 18.2 Å². The average molecular weight is 273 g/mol. The number of hydrogen-bond donors (Lipinski definition) is 3. The van der Waals surface area contributed by atoms with Crippen LogP contribution in [0.2, 0.25) is 0 Å². The van der Waals surface area contributed by atoms with Crippen LogP contribution in [0.1, 0.15) is 30.4 Å². The summed E-state index contributed by atoms with van der Waals surface area (Å²) in [5.74, 6) is -1.01. The summed E-state index contributed by atoms with van der Waals surface area (Å²) in [7, 11) is 0. The molecule has 0 atom stereocenters. The first-order valence-electron chi connectivity index (χ1n) is 6.30. The molecule has 1 aliphatic carbocycles. The van der Waals surface area contributed by atoms with Gasteiger partial charge in [0.15, 0.2) is 0 Å². The van der Waals surface area contributed by atoms with Crippen LogP contribution in [-0.4, -0.2) is 22.6 Å². The van der Waals surface area contributed by atoms with E-state index in [1.807, 2.05) is 6.07 Å². The number of nitriles is 1. The first-order valence-corrected chi connectivity index (χ1v) is 6.30. The molecule has 0 unspecified atom stereocenters. The molecule has 1 fully saturated rings. The van der Waals surface area contributed by atoms with Crippen LogP contribution in [0.3, 0.4) is 0 Å². The van der Waals surface area contributed by atoms with E-state index in [2.05, 4.69) is 10.6 Å². The van der Waals surface area contributed by atoms with E-state index in [0.717, 1.165) is 12.0 Å². The number of rotatable bonds is 3. The zero-order chi connectivity index (χ0) is 14.8. The molecule has 1 aliphatic rings. The molecule has 3 N–H and O–H groups in total. The van der Waals surface area contributed by atoms with Gasteiger partial charge in [0.05, 0.1) is 11.6 Å². The number of aryl methyl sites for hydroxylation is 1. The molecule has 0 bridgehead atoms. The first kappa shape index (κ1) is 13.9. The minimum Gasteiger partial charge on any atom is -0.480 e. The molecule has 1 aromatic carbocycles. The molecule has 6 heteroatoms. The lowest BCUT2D eigenvalue weighted by Crippen LogP contribution is -2.60. The quantitative estimate of drug-likeness (QED) is 0.783. The Morgan fingerprint density at radius 3 is 2.60 bits per heavy atom. The van der Waals surface area contributed by atoms with Gasteiger partial charge in [0, 0.05) is 5.69 Å². The van der Waals surface area contributed by atoms with E-state index in [9.17, 15) is 9.59 Å². The van der Waals surface area contributed by atoms with E-state index in [-0.39, 0.29) is 0 Å². The number of nitrogens with one attached hydrogen (secondary N) is 2. The third kappa shape index (κ3) is 2.57. The van der Waals surface area contributed by atoms with Crippen LogP contribution in [0.5, 0.6) is 0 Å². The number of nitrogens with zero attached hydrogens (tertiary/aromatic N) is 1. The summed E-state index contributed by atoms with van der Waals surface area (Å²) in [6.45, 7) is 1.80. The van der Waals surface area contributed by atoms with Crippen molar-refractivity contribution in [1.29, 1.82) is 5.26 Å². The molecular weight excluding hydrogens is 258 g/mol. The van der Waals surface area contributed by atoms with Crippen molar-refractivity contribution in [1.82, 2.24) is 5.32 Å². The van der Waals surface area contributed by atoms with Crippen LogP contribution in [-0.2, 0) is 4.79 Å². The summed E-state index contributed by atoms with van der Waals surface area (Å²) >= 11 is 0. The zero-order valence-electron chi connectivity index (χ0n) is 11.1. The summed E-state index contributed by atoms with van der Waals surface area (Å²) < 4.78 is 0. The number of anilines is 1. The van der Waals surface area contributed by atoms with E-state index < -0.39 is 17.5 Å². The second kappa shape index (κ2) is 5.21. The van der Waals surface area contributed by atoms with Crippen LogP contribution >= 0.6 is 0 Å². The highest BCUT2D eigenvalue weighted by atomic mass is 16.4. The molecule has 0 heterocycles. The molecule has 0 aromatic heterocycles. The fraction of sp³-hybridized carbons (Fsp3) is 0.357. The van der Waals surface area contributed by atoms with Crippen molar-refractivity contribution < 1.29 is 14.7 Å². The van der Waals surface area contributed by atoms with Crippen molar-refractivity contribution in [3.8, 4) is 6.07 Å². The van der Waals surface area contributed by atoms with Crippen molar-refractivity contribution in [2.24, 2.45) is 0 Å². The second-order valence-corrected chi connectivity index (χ2v) is 4.96. The Balaban J connectivity index is 2.09. The average Bonchev–Trinajstić information content (AvgIpc) is 2.36. The monoisotopic (exact) mass is 273 g/mol. The van der Waals surface area contributed by atoms with Gasteiger partial charge in [-0.15, -0.1) is 0 Å². The lowest BCUT2D eigenvalue weighted by Gasteiger charge is -2.38. The van der Waals surface area contributed by atoms with E-state index in [1.54, 1.807) is 25.1 Å². The summed E-state index contributed by atoms with van der Waals surface area (Å²) in [5, 5.41) is 23.1. The lowest BCUT2D eigenvalue weighted by molar-refractivity contribution is -0.148. The number of urea groups is 1. The SMILES string of the molecule is Cc1ccc(C#N)cc1NC(=O)NC1(C(=O)O)CCC1. The molecule has 6 nitrogen and oxygen atoms in total.